The lowest BCUT2D eigenvalue weighted by Gasteiger charge is -2.51. The van der Waals surface area contributed by atoms with Crippen LogP contribution in [-0.4, -0.2) is 72.3 Å². The Morgan fingerprint density at radius 1 is 1.13 bits per heavy atom. The van der Waals surface area contributed by atoms with Crippen molar-refractivity contribution in [3.05, 3.63) is 65.1 Å². The Labute approximate surface area is 228 Å². The number of rotatable bonds is 5. The number of halogens is 1. The minimum atomic E-state index is -0.576. The summed E-state index contributed by atoms with van der Waals surface area (Å²) >= 11 is 0. The van der Waals surface area contributed by atoms with Gasteiger partial charge in [0.15, 0.2) is 0 Å². The van der Waals surface area contributed by atoms with Gasteiger partial charge in [0.25, 0.3) is 0 Å². The molecule has 6 rings (SSSR count). The number of methoxy groups -OCH3 is 1. The van der Waals surface area contributed by atoms with Crippen LogP contribution in [0.5, 0.6) is 5.75 Å². The van der Waals surface area contributed by atoms with Crippen LogP contribution in [-0.2, 0) is 21.5 Å². The highest BCUT2D eigenvalue weighted by molar-refractivity contribution is 5.92. The summed E-state index contributed by atoms with van der Waals surface area (Å²) in [5, 5.41) is 1.09. The smallest absolute Gasteiger partial charge is 0.245 e. The van der Waals surface area contributed by atoms with Gasteiger partial charge >= 0.3 is 0 Å². The van der Waals surface area contributed by atoms with Gasteiger partial charge in [0.1, 0.15) is 17.6 Å². The van der Waals surface area contributed by atoms with Gasteiger partial charge in [-0.15, -0.1) is 0 Å². The lowest BCUT2D eigenvalue weighted by Crippen LogP contribution is -2.56. The van der Waals surface area contributed by atoms with E-state index in [1.54, 1.807) is 38.2 Å². The van der Waals surface area contributed by atoms with E-state index >= 15 is 0 Å². The summed E-state index contributed by atoms with van der Waals surface area (Å²) in [5.74, 6) is 0.907. The van der Waals surface area contributed by atoms with E-state index in [2.05, 4.69) is 16.0 Å². The molecule has 1 saturated carbocycles. The Hall–Kier alpha value is -3.39. The van der Waals surface area contributed by atoms with E-state index in [-0.39, 0.29) is 23.1 Å². The largest absolute Gasteiger partial charge is 0.497 e. The summed E-state index contributed by atoms with van der Waals surface area (Å²) in [4.78, 5) is 36.3. The van der Waals surface area contributed by atoms with E-state index in [4.69, 9.17) is 4.74 Å². The fourth-order valence-electron chi connectivity index (χ4n) is 6.84. The normalized spacial score (nSPS) is 21.0. The number of fused-ring (bicyclic) bond motifs is 4. The summed E-state index contributed by atoms with van der Waals surface area (Å²) in [6.07, 6.45) is 4.74. The summed E-state index contributed by atoms with van der Waals surface area (Å²) in [6.45, 7) is 2.32. The van der Waals surface area contributed by atoms with E-state index in [1.165, 1.54) is 11.6 Å². The molecule has 2 amide bonds. The standard InChI is InChI=1S/C31H37FN4O3/c1-34(2)30(38)28-27-26(23-12-11-22(39-3)17-25(23)33-27)31(19-36(28)18-21-7-4-5-10-24(21)32)13-15-35(16-14-31)29(37)20-8-6-9-20/h4-5,7,10-12,17,20,28,33H,6,8-9,13-16,18-19H2,1-3H3. The quantitative estimate of drug-likeness (QED) is 0.521. The van der Waals surface area contributed by atoms with Crippen LogP contribution in [0.4, 0.5) is 4.39 Å². The predicted octanol–water partition coefficient (Wildman–Crippen LogP) is 4.62. The summed E-state index contributed by atoms with van der Waals surface area (Å²) in [5.41, 5.74) is 3.27. The van der Waals surface area contributed by atoms with E-state index in [9.17, 15) is 14.0 Å². The number of aromatic nitrogens is 1. The number of ether oxygens (including phenoxy) is 1. The number of amides is 2. The molecule has 1 aromatic heterocycles. The van der Waals surface area contributed by atoms with Crippen molar-refractivity contribution < 1.29 is 18.7 Å². The molecule has 3 aliphatic rings. The number of nitrogens with one attached hydrogen (secondary N) is 1. The molecule has 1 aliphatic carbocycles. The van der Waals surface area contributed by atoms with Gasteiger partial charge in [0.2, 0.25) is 11.8 Å². The van der Waals surface area contributed by atoms with Gasteiger partial charge in [-0.25, -0.2) is 4.39 Å². The number of hydrogen-bond acceptors (Lipinski definition) is 4. The lowest BCUT2D eigenvalue weighted by atomic mass is 9.67. The van der Waals surface area contributed by atoms with Crippen LogP contribution in [0, 0.1) is 11.7 Å². The van der Waals surface area contributed by atoms with Crippen LogP contribution < -0.4 is 4.74 Å². The van der Waals surface area contributed by atoms with Crippen molar-refractivity contribution in [2.24, 2.45) is 5.92 Å². The highest BCUT2D eigenvalue weighted by Crippen LogP contribution is 2.50. The molecular formula is C31H37FN4O3. The molecular weight excluding hydrogens is 495 g/mol. The third kappa shape index (κ3) is 4.39. The molecule has 3 heterocycles. The molecule has 7 nitrogen and oxygen atoms in total. The summed E-state index contributed by atoms with van der Waals surface area (Å²) in [6, 6.07) is 12.3. The van der Waals surface area contributed by atoms with E-state index in [0.29, 0.717) is 37.6 Å². The average Bonchev–Trinajstić information content (AvgIpc) is 3.28. The maximum Gasteiger partial charge on any atom is 0.245 e. The average molecular weight is 533 g/mol. The van der Waals surface area contributed by atoms with Crippen molar-refractivity contribution in [3.8, 4) is 5.75 Å². The minimum absolute atomic E-state index is 0.0430. The van der Waals surface area contributed by atoms with Crippen LogP contribution in [0.25, 0.3) is 10.9 Å². The van der Waals surface area contributed by atoms with Gasteiger partial charge in [0.05, 0.1) is 7.11 Å². The monoisotopic (exact) mass is 532 g/mol. The molecule has 2 aromatic carbocycles. The van der Waals surface area contributed by atoms with Gasteiger partial charge in [-0.3, -0.25) is 14.5 Å². The number of aromatic amines is 1. The maximum atomic E-state index is 14.9. The zero-order chi connectivity index (χ0) is 27.3. The van der Waals surface area contributed by atoms with Crippen LogP contribution in [0.2, 0.25) is 0 Å². The second kappa shape index (κ2) is 9.97. The molecule has 206 valence electrons. The third-order valence-corrected chi connectivity index (χ3v) is 9.20. The molecule has 1 spiro atoms. The minimum Gasteiger partial charge on any atom is -0.497 e. The topological polar surface area (TPSA) is 68.9 Å². The summed E-state index contributed by atoms with van der Waals surface area (Å²) < 4.78 is 20.4. The van der Waals surface area contributed by atoms with Crippen molar-refractivity contribution in [2.75, 3.05) is 40.8 Å². The van der Waals surface area contributed by atoms with Crippen LogP contribution >= 0.6 is 0 Å². The van der Waals surface area contributed by atoms with E-state index in [1.807, 2.05) is 23.1 Å². The summed E-state index contributed by atoms with van der Waals surface area (Å²) in [7, 11) is 5.18. The number of benzene rings is 2. The van der Waals surface area contributed by atoms with E-state index in [0.717, 1.165) is 54.5 Å². The number of hydrogen-bond donors (Lipinski definition) is 1. The SMILES string of the molecule is COc1ccc2c3c([nH]c2c1)C(C(=O)N(C)C)N(Cc1ccccc1F)CC31CCN(C(=O)C2CCC2)CC1. The molecule has 1 atom stereocenters. The van der Waals surface area contributed by atoms with Crippen molar-refractivity contribution in [1.29, 1.82) is 0 Å². The fraction of sp³-hybridized carbons (Fsp3) is 0.484. The highest BCUT2D eigenvalue weighted by atomic mass is 19.1. The van der Waals surface area contributed by atoms with Gasteiger partial charge in [-0.2, -0.15) is 0 Å². The first kappa shape index (κ1) is 25.9. The van der Waals surface area contributed by atoms with Crippen LogP contribution in [0.15, 0.2) is 42.5 Å². The molecule has 39 heavy (non-hydrogen) atoms. The molecule has 2 aliphatic heterocycles. The number of piperidine rings is 1. The molecule has 3 aromatic rings. The van der Waals surface area contributed by atoms with Crippen LogP contribution in [0.1, 0.15) is 55.0 Å². The molecule has 1 saturated heterocycles. The van der Waals surface area contributed by atoms with Crippen molar-refractivity contribution >= 4 is 22.7 Å². The van der Waals surface area contributed by atoms with Gasteiger partial charge < -0.3 is 19.5 Å². The maximum absolute atomic E-state index is 14.9. The number of likely N-dealkylation sites (N-methyl/N-ethyl adjacent to an activating group) is 1. The predicted molar refractivity (Wildman–Crippen MR) is 148 cm³/mol. The Morgan fingerprint density at radius 2 is 1.87 bits per heavy atom. The molecule has 1 N–H and O–H groups in total. The highest BCUT2D eigenvalue weighted by Gasteiger charge is 2.50. The number of nitrogens with zero attached hydrogens (tertiary/aromatic N) is 3. The first-order valence-electron chi connectivity index (χ1n) is 14.0. The third-order valence-electron chi connectivity index (χ3n) is 9.20. The first-order chi connectivity index (χ1) is 18.8. The molecule has 1 unspecified atom stereocenters. The number of H-pyrrole nitrogens is 1. The lowest BCUT2D eigenvalue weighted by molar-refractivity contribution is -0.140. The Bertz CT molecular complexity index is 1400. The molecule has 0 radical (unpaired) electrons. The fourth-order valence-corrected chi connectivity index (χ4v) is 6.84. The second-order valence-corrected chi connectivity index (χ2v) is 11.7. The second-order valence-electron chi connectivity index (χ2n) is 11.7. The zero-order valence-electron chi connectivity index (χ0n) is 23.0. The molecule has 2 fully saturated rings. The van der Waals surface area contributed by atoms with Crippen molar-refractivity contribution in [2.45, 2.75) is 50.1 Å². The molecule has 8 heteroatoms. The van der Waals surface area contributed by atoms with E-state index < -0.39 is 6.04 Å². The number of likely N-dealkylation sites (tertiary alicyclic amines) is 1. The van der Waals surface area contributed by atoms with Gasteiger partial charge in [-0.05, 0) is 49.4 Å². The van der Waals surface area contributed by atoms with Crippen molar-refractivity contribution in [3.63, 3.8) is 0 Å². The number of carbonyl (C=O) groups excluding carboxylic acids is 2. The van der Waals surface area contributed by atoms with Crippen molar-refractivity contribution in [1.82, 2.24) is 19.7 Å². The Balaban J connectivity index is 1.45. The van der Waals surface area contributed by atoms with Crippen LogP contribution in [0.3, 0.4) is 0 Å². The molecule has 0 bridgehead atoms. The van der Waals surface area contributed by atoms with Gasteiger partial charge in [-0.1, -0.05) is 24.6 Å². The van der Waals surface area contributed by atoms with Gasteiger partial charge in [0, 0.05) is 79.8 Å². The first-order valence-corrected chi connectivity index (χ1v) is 14.0. The number of carbonyl (C=O) groups is 2. The Kier molecular flexibility index (Phi) is 6.61. The zero-order valence-corrected chi connectivity index (χ0v) is 23.0. The Morgan fingerprint density at radius 3 is 2.51 bits per heavy atom.